The maximum atomic E-state index is 12.3. The molecule has 0 fully saturated rings. The van der Waals surface area contributed by atoms with E-state index in [1.165, 1.54) is 0 Å². The standard InChI is InChI=1S/C24H23N3O3S/c1-2-16-29-21-14-10-19(11-15-21)23(28)30-22-12-8-18(9-13-22)17-25-27-24(31)26-20-6-4-3-5-7-20/h3-15,17H,2,16H2,1H3,(H2,26,27,31). The van der Waals surface area contributed by atoms with Gasteiger partial charge >= 0.3 is 5.97 Å². The number of esters is 1. The van der Waals surface area contributed by atoms with Gasteiger partial charge in [0.2, 0.25) is 0 Å². The quantitative estimate of drug-likeness (QED) is 0.171. The first-order chi connectivity index (χ1) is 15.1. The van der Waals surface area contributed by atoms with Crippen molar-refractivity contribution in [2.75, 3.05) is 11.9 Å². The molecule has 3 aromatic rings. The Labute approximate surface area is 186 Å². The lowest BCUT2D eigenvalue weighted by Gasteiger charge is -2.07. The molecule has 6 nitrogen and oxygen atoms in total. The van der Waals surface area contributed by atoms with Gasteiger partial charge in [0.1, 0.15) is 11.5 Å². The SMILES string of the molecule is CCCOc1ccc(C(=O)Oc2ccc(C=NNC(=S)Nc3ccccc3)cc2)cc1. The van der Waals surface area contributed by atoms with Crippen molar-refractivity contribution >= 4 is 35.2 Å². The number of anilines is 1. The Bertz CT molecular complexity index is 1020. The highest BCUT2D eigenvalue weighted by Crippen LogP contribution is 2.16. The number of hydrogen-bond donors (Lipinski definition) is 2. The molecule has 31 heavy (non-hydrogen) atoms. The highest BCUT2D eigenvalue weighted by atomic mass is 32.1. The summed E-state index contributed by atoms with van der Waals surface area (Å²) in [6.45, 7) is 2.68. The van der Waals surface area contributed by atoms with Gasteiger partial charge in [-0.25, -0.2) is 4.79 Å². The van der Waals surface area contributed by atoms with Crippen LogP contribution in [-0.2, 0) is 0 Å². The zero-order valence-electron chi connectivity index (χ0n) is 17.1. The normalized spacial score (nSPS) is 10.5. The smallest absolute Gasteiger partial charge is 0.343 e. The predicted octanol–water partition coefficient (Wildman–Crippen LogP) is 5.02. The summed E-state index contributed by atoms with van der Waals surface area (Å²) in [5.41, 5.74) is 4.92. The number of nitrogens with zero attached hydrogens (tertiary/aromatic N) is 1. The molecule has 3 rings (SSSR count). The maximum absolute atomic E-state index is 12.3. The second-order valence-corrected chi connectivity index (χ2v) is 6.93. The van der Waals surface area contributed by atoms with E-state index in [0.717, 1.165) is 23.4 Å². The number of hydrazone groups is 1. The second-order valence-electron chi connectivity index (χ2n) is 6.52. The van der Waals surface area contributed by atoms with Crippen molar-refractivity contribution in [1.29, 1.82) is 0 Å². The highest BCUT2D eigenvalue weighted by Gasteiger charge is 2.08. The van der Waals surface area contributed by atoms with Crippen molar-refractivity contribution in [3.8, 4) is 11.5 Å². The van der Waals surface area contributed by atoms with E-state index < -0.39 is 5.97 Å². The molecule has 0 unspecified atom stereocenters. The molecular formula is C24H23N3O3S. The first-order valence-corrected chi connectivity index (χ1v) is 10.2. The van der Waals surface area contributed by atoms with Gasteiger partial charge in [0.25, 0.3) is 0 Å². The number of benzene rings is 3. The van der Waals surface area contributed by atoms with Crippen LogP contribution < -0.4 is 20.2 Å². The molecule has 0 atom stereocenters. The van der Waals surface area contributed by atoms with E-state index in [4.69, 9.17) is 21.7 Å². The van der Waals surface area contributed by atoms with Crippen LogP contribution in [0.5, 0.6) is 11.5 Å². The number of thiocarbonyl (C=S) groups is 1. The van der Waals surface area contributed by atoms with Crippen LogP contribution in [-0.4, -0.2) is 23.9 Å². The fraction of sp³-hybridized carbons (Fsp3) is 0.125. The summed E-state index contributed by atoms with van der Waals surface area (Å²) in [5, 5.41) is 7.52. The van der Waals surface area contributed by atoms with Crippen LogP contribution >= 0.6 is 12.2 Å². The predicted molar refractivity (Wildman–Crippen MR) is 127 cm³/mol. The van der Waals surface area contributed by atoms with Gasteiger partial charge in [-0.05, 0) is 84.9 Å². The van der Waals surface area contributed by atoms with Gasteiger partial charge in [0.05, 0.1) is 18.4 Å². The van der Waals surface area contributed by atoms with Crippen molar-refractivity contribution in [3.63, 3.8) is 0 Å². The number of hydrogen-bond acceptors (Lipinski definition) is 5. The number of ether oxygens (including phenoxy) is 2. The number of rotatable bonds is 8. The Morgan fingerprint density at radius 2 is 1.65 bits per heavy atom. The van der Waals surface area contributed by atoms with Crippen LogP contribution in [0.2, 0.25) is 0 Å². The molecule has 0 bridgehead atoms. The molecule has 158 valence electrons. The van der Waals surface area contributed by atoms with E-state index in [0.29, 0.717) is 23.0 Å². The molecule has 0 saturated carbocycles. The summed E-state index contributed by atoms with van der Waals surface area (Å²) >= 11 is 5.19. The lowest BCUT2D eigenvalue weighted by atomic mass is 10.2. The first-order valence-electron chi connectivity index (χ1n) is 9.84. The Balaban J connectivity index is 1.48. The average molecular weight is 434 g/mol. The minimum atomic E-state index is -0.428. The van der Waals surface area contributed by atoms with Gasteiger partial charge in [-0.2, -0.15) is 5.10 Å². The van der Waals surface area contributed by atoms with Crippen molar-refractivity contribution in [1.82, 2.24) is 5.43 Å². The third-order valence-corrected chi connectivity index (χ3v) is 4.26. The van der Waals surface area contributed by atoms with Crippen LogP contribution in [0.4, 0.5) is 5.69 Å². The molecule has 0 heterocycles. The molecule has 0 aliphatic heterocycles. The minimum absolute atomic E-state index is 0.388. The van der Waals surface area contributed by atoms with E-state index in [1.807, 2.05) is 37.3 Å². The number of carbonyl (C=O) groups excluding carboxylic acids is 1. The molecule has 0 saturated heterocycles. The van der Waals surface area contributed by atoms with E-state index in [1.54, 1.807) is 54.7 Å². The molecule has 0 amide bonds. The Morgan fingerprint density at radius 3 is 2.32 bits per heavy atom. The fourth-order valence-electron chi connectivity index (χ4n) is 2.54. The van der Waals surface area contributed by atoms with E-state index in [9.17, 15) is 4.79 Å². The molecule has 7 heteroatoms. The molecule has 0 aliphatic rings. The molecule has 0 aliphatic carbocycles. The molecule has 0 spiro atoms. The van der Waals surface area contributed by atoms with E-state index in [2.05, 4.69) is 15.8 Å². The van der Waals surface area contributed by atoms with Crippen LogP contribution in [0.25, 0.3) is 0 Å². The minimum Gasteiger partial charge on any atom is -0.494 e. The number of nitrogens with one attached hydrogen (secondary N) is 2. The van der Waals surface area contributed by atoms with Crippen LogP contribution in [0, 0.1) is 0 Å². The fourth-order valence-corrected chi connectivity index (χ4v) is 2.71. The van der Waals surface area contributed by atoms with E-state index in [-0.39, 0.29) is 0 Å². The van der Waals surface area contributed by atoms with Gasteiger partial charge in [0, 0.05) is 5.69 Å². The summed E-state index contributed by atoms with van der Waals surface area (Å²) in [5.74, 6) is 0.749. The number of carbonyl (C=O) groups is 1. The van der Waals surface area contributed by atoms with Gasteiger partial charge in [-0.1, -0.05) is 25.1 Å². The lowest BCUT2D eigenvalue weighted by molar-refractivity contribution is 0.0734. The maximum Gasteiger partial charge on any atom is 0.343 e. The van der Waals surface area contributed by atoms with Gasteiger partial charge in [0.15, 0.2) is 5.11 Å². The highest BCUT2D eigenvalue weighted by molar-refractivity contribution is 7.80. The molecule has 0 aromatic heterocycles. The van der Waals surface area contributed by atoms with Crippen molar-refractivity contribution in [2.45, 2.75) is 13.3 Å². The summed E-state index contributed by atoms with van der Waals surface area (Å²) in [4.78, 5) is 12.3. The van der Waals surface area contributed by atoms with E-state index >= 15 is 0 Å². The van der Waals surface area contributed by atoms with Gasteiger partial charge in [-0.3, -0.25) is 5.43 Å². The summed E-state index contributed by atoms with van der Waals surface area (Å²) < 4.78 is 10.9. The third kappa shape index (κ3) is 7.24. The van der Waals surface area contributed by atoms with Crippen molar-refractivity contribution in [3.05, 3.63) is 90.0 Å². The summed E-state index contributed by atoms with van der Waals surface area (Å²) in [6, 6.07) is 23.5. The molecular weight excluding hydrogens is 410 g/mol. The van der Waals surface area contributed by atoms with Crippen LogP contribution in [0.15, 0.2) is 84.0 Å². The van der Waals surface area contributed by atoms with Crippen molar-refractivity contribution < 1.29 is 14.3 Å². The zero-order chi connectivity index (χ0) is 21.9. The largest absolute Gasteiger partial charge is 0.494 e. The van der Waals surface area contributed by atoms with Gasteiger partial charge in [-0.15, -0.1) is 0 Å². The Hall–Kier alpha value is -3.71. The van der Waals surface area contributed by atoms with Crippen molar-refractivity contribution in [2.24, 2.45) is 5.10 Å². The third-order valence-electron chi connectivity index (χ3n) is 4.06. The summed E-state index contributed by atoms with van der Waals surface area (Å²) in [7, 11) is 0. The molecule has 2 N–H and O–H groups in total. The Morgan fingerprint density at radius 1 is 0.968 bits per heavy atom. The van der Waals surface area contributed by atoms with Crippen LogP contribution in [0.3, 0.4) is 0 Å². The van der Waals surface area contributed by atoms with Crippen LogP contribution in [0.1, 0.15) is 29.3 Å². The summed E-state index contributed by atoms with van der Waals surface area (Å²) in [6.07, 6.45) is 2.55. The average Bonchev–Trinajstić information content (AvgIpc) is 2.80. The topological polar surface area (TPSA) is 72.0 Å². The first kappa shape index (κ1) is 22.0. The lowest BCUT2D eigenvalue weighted by Crippen LogP contribution is -2.23. The Kier molecular flexibility index (Phi) is 8.13. The molecule has 0 radical (unpaired) electrons. The number of para-hydroxylation sites is 1. The molecule has 3 aromatic carbocycles. The monoisotopic (exact) mass is 433 g/mol. The second kappa shape index (κ2) is 11.5. The van der Waals surface area contributed by atoms with Gasteiger partial charge < -0.3 is 14.8 Å². The zero-order valence-corrected chi connectivity index (χ0v) is 17.9.